The number of ether oxygens (including phenoxy) is 1. The number of amides is 1. The fraction of sp³-hybridized carbons (Fsp3) is 0.438. The molecule has 2 heterocycles. The number of aromatic amines is 1. The molecule has 2 N–H and O–H groups in total. The highest BCUT2D eigenvalue weighted by Gasteiger charge is 2.21. The van der Waals surface area contributed by atoms with Crippen molar-refractivity contribution < 1.29 is 9.53 Å². The van der Waals surface area contributed by atoms with Crippen molar-refractivity contribution in [1.29, 1.82) is 0 Å². The molecule has 1 aromatic carbocycles. The van der Waals surface area contributed by atoms with Crippen molar-refractivity contribution in [3.8, 4) is 0 Å². The molecule has 0 aliphatic carbocycles. The van der Waals surface area contributed by atoms with Gasteiger partial charge in [-0.05, 0) is 25.3 Å². The summed E-state index contributed by atoms with van der Waals surface area (Å²) in [4.78, 5) is 16.4. The average Bonchev–Trinajstić information content (AvgIpc) is 3.25. The lowest BCUT2D eigenvalue weighted by Gasteiger charge is -2.13. The third-order valence-corrected chi connectivity index (χ3v) is 4.57. The normalized spacial score (nSPS) is 18.7. The summed E-state index contributed by atoms with van der Waals surface area (Å²) in [6.07, 6.45) is 2.03. The third-order valence-electron chi connectivity index (χ3n) is 3.73. The van der Waals surface area contributed by atoms with Crippen molar-refractivity contribution in [2.45, 2.75) is 37.1 Å². The maximum atomic E-state index is 12.0. The summed E-state index contributed by atoms with van der Waals surface area (Å²) >= 11 is 1.32. The van der Waals surface area contributed by atoms with Gasteiger partial charge in [0.25, 0.3) is 0 Å². The molecule has 1 saturated heterocycles. The second-order valence-corrected chi connectivity index (χ2v) is 6.44. The van der Waals surface area contributed by atoms with Crippen LogP contribution in [-0.4, -0.2) is 33.4 Å². The standard InChI is InChI=1S/C16H20N4O2S/c1-11(12-6-3-2-4-7-12)17-14(21)10-23-16-18-15(19-20-16)13-8-5-9-22-13/h2-4,6-7,11,13H,5,8-10H2,1H3,(H,17,21)(H,18,19,20)/t11-,13-/m0/s1. The van der Waals surface area contributed by atoms with Gasteiger partial charge in [0, 0.05) is 6.61 Å². The van der Waals surface area contributed by atoms with Gasteiger partial charge in [0.1, 0.15) is 6.10 Å². The van der Waals surface area contributed by atoms with Crippen molar-refractivity contribution in [3.05, 3.63) is 41.7 Å². The van der Waals surface area contributed by atoms with Gasteiger partial charge < -0.3 is 10.1 Å². The molecule has 1 aromatic heterocycles. The van der Waals surface area contributed by atoms with Crippen LogP contribution in [0.15, 0.2) is 35.5 Å². The number of aromatic nitrogens is 3. The number of nitrogens with zero attached hydrogens (tertiary/aromatic N) is 2. The number of hydrogen-bond donors (Lipinski definition) is 2. The smallest absolute Gasteiger partial charge is 0.230 e. The quantitative estimate of drug-likeness (QED) is 0.795. The summed E-state index contributed by atoms with van der Waals surface area (Å²) < 4.78 is 5.56. The van der Waals surface area contributed by atoms with Crippen molar-refractivity contribution in [1.82, 2.24) is 20.5 Å². The van der Waals surface area contributed by atoms with Crippen LogP contribution in [0.3, 0.4) is 0 Å². The molecule has 23 heavy (non-hydrogen) atoms. The van der Waals surface area contributed by atoms with E-state index in [9.17, 15) is 4.79 Å². The fourth-order valence-electron chi connectivity index (χ4n) is 2.50. The van der Waals surface area contributed by atoms with E-state index in [1.165, 1.54) is 11.8 Å². The summed E-state index contributed by atoms with van der Waals surface area (Å²) in [5, 5.41) is 10.6. The molecule has 1 aliphatic heterocycles. The van der Waals surface area contributed by atoms with E-state index in [0.717, 1.165) is 30.8 Å². The first-order valence-corrected chi connectivity index (χ1v) is 8.72. The Hall–Kier alpha value is -1.86. The van der Waals surface area contributed by atoms with Crippen molar-refractivity contribution in [3.63, 3.8) is 0 Å². The molecule has 6 nitrogen and oxygen atoms in total. The van der Waals surface area contributed by atoms with E-state index in [1.807, 2.05) is 37.3 Å². The average molecular weight is 332 g/mol. The first-order valence-electron chi connectivity index (χ1n) is 7.73. The van der Waals surface area contributed by atoms with Crippen LogP contribution in [0.1, 0.15) is 43.3 Å². The number of carbonyl (C=O) groups is 1. The molecular formula is C16H20N4O2S. The van der Waals surface area contributed by atoms with E-state index in [-0.39, 0.29) is 18.1 Å². The van der Waals surface area contributed by atoms with Crippen LogP contribution in [0.5, 0.6) is 0 Å². The molecule has 2 atom stereocenters. The van der Waals surface area contributed by atoms with Gasteiger partial charge >= 0.3 is 0 Å². The second kappa shape index (κ2) is 7.61. The van der Waals surface area contributed by atoms with Gasteiger partial charge in [-0.2, -0.15) is 0 Å². The number of carbonyl (C=O) groups excluding carboxylic acids is 1. The van der Waals surface area contributed by atoms with Gasteiger partial charge in [-0.15, -0.1) is 5.10 Å². The topological polar surface area (TPSA) is 79.9 Å². The minimum atomic E-state index is -0.0326. The highest BCUT2D eigenvalue weighted by Crippen LogP contribution is 2.26. The first kappa shape index (κ1) is 16.0. The lowest BCUT2D eigenvalue weighted by atomic mass is 10.1. The van der Waals surface area contributed by atoms with Gasteiger partial charge in [0.2, 0.25) is 11.1 Å². The second-order valence-electron chi connectivity index (χ2n) is 5.49. The van der Waals surface area contributed by atoms with Gasteiger partial charge in [0.15, 0.2) is 5.82 Å². The van der Waals surface area contributed by atoms with Gasteiger partial charge in [-0.25, -0.2) is 4.98 Å². The Labute approximate surface area is 139 Å². The molecule has 0 saturated carbocycles. The maximum Gasteiger partial charge on any atom is 0.230 e. The van der Waals surface area contributed by atoms with Crippen LogP contribution >= 0.6 is 11.8 Å². The van der Waals surface area contributed by atoms with Gasteiger partial charge in [-0.3, -0.25) is 9.89 Å². The monoisotopic (exact) mass is 332 g/mol. The molecule has 0 bridgehead atoms. The predicted octanol–water partition coefficient (Wildman–Crippen LogP) is 2.63. The Morgan fingerprint density at radius 3 is 3.04 bits per heavy atom. The lowest BCUT2D eigenvalue weighted by Crippen LogP contribution is -2.28. The summed E-state index contributed by atoms with van der Waals surface area (Å²) in [7, 11) is 0. The predicted molar refractivity (Wildman–Crippen MR) is 88.0 cm³/mol. The van der Waals surface area contributed by atoms with E-state index >= 15 is 0 Å². The van der Waals surface area contributed by atoms with Gasteiger partial charge in [0.05, 0.1) is 11.8 Å². The molecule has 0 radical (unpaired) electrons. The number of H-pyrrole nitrogens is 1. The molecule has 1 aliphatic rings. The molecular weight excluding hydrogens is 312 g/mol. The Morgan fingerprint density at radius 2 is 2.30 bits per heavy atom. The first-order chi connectivity index (χ1) is 11.2. The number of benzene rings is 1. The number of hydrogen-bond acceptors (Lipinski definition) is 5. The molecule has 7 heteroatoms. The molecule has 3 rings (SSSR count). The zero-order chi connectivity index (χ0) is 16.1. The molecule has 0 unspecified atom stereocenters. The fourth-order valence-corrected chi connectivity index (χ4v) is 3.11. The Balaban J connectivity index is 1.47. The SMILES string of the molecule is C[C@H](NC(=O)CSc1n[nH]c([C@@H]2CCCO2)n1)c1ccccc1. The lowest BCUT2D eigenvalue weighted by molar-refractivity contribution is -0.119. The van der Waals surface area contributed by atoms with Gasteiger partial charge in [-0.1, -0.05) is 42.1 Å². The van der Waals surface area contributed by atoms with E-state index in [0.29, 0.717) is 10.9 Å². The summed E-state index contributed by atoms with van der Waals surface area (Å²) in [5.74, 6) is 1.01. The Kier molecular flexibility index (Phi) is 5.30. The van der Waals surface area contributed by atoms with Crippen LogP contribution in [0.2, 0.25) is 0 Å². The highest BCUT2D eigenvalue weighted by molar-refractivity contribution is 7.99. The van der Waals surface area contributed by atoms with Crippen molar-refractivity contribution >= 4 is 17.7 Å². The zero-order valence-electron chi connectivity index (χ0n) is 13.0. The number of nitrogens with one attached hydrogen (secondary N) is 2. The summed E-state index contributed by atoms with van der Waals surface area (Å²) in [6.45, 7) is 2.74. The molecule has 122 valence electrons. The largest absolute Gasteiger partial charge is 0.370 e. The summed E-state index contributed by atoms with van der Waals surface area (Å²) in [6, 6.07) is 9.88. The number of rotatable bonds is 6. The zero-order valence-corrected chi connectivity index (χ0v) is 13.8. The highest BCUT2D eigenvalue weighted by atomic mass is 32.2. The third kappa shape index (κ3) is 4.33. The van der Waals surface area contributed by atoms with Crippen LogP contribution in [-0.2, 0) is 9.53 Å². The van der Waals surface area contributed by atoms with E-state index in [1.54, 1.807) is 0 Å². The molecule has 0 spiro atoms. The Morgan fingerprint density at radius 1 is 1.48 bits per heavy atom. The number of thioether (sulfide) groups is 1. The molecule has 2 aromatic rings. The van der Waals surface area contributed by atoms with E-state index in [2.05, 4.69) is 20.5 Å². The molecule has 1 fully saturated rings. The van der Waals surface area contributed by atoms with Crippen LogP contribution in [0, 0.1) is 0 Å². The van der Waals surface area contributed by atoms with Crippen LogP contribution in [0.25, 0.3) is 0 Å². The van der Waals surface area contributed by atoms with Crippen molar-refractivity contribution in [2.24, 2.45) is 0 Å². The van der Waals surface area contributed by atoms with E-state index in [4.69, 9.17) is 4.74 Å². The minimum absolute atomic E-state index is 0.0149. The van der Waals surface area contributed by atoms with Crippen LogP contribution < -0.4 is 5.32 Å². The summed E-state index contributed by atoms with van der Waals surface area (Å²) in [5.41, 5.74) is 1.09. The van der Waals surface area contributed by atoms with Crippen LogP contribution in [0.4, 0.5) is 0 Å². The minimum Gasteiger partial charge on any atom is -0.370 e. The van der Waals surface area contributed by atoms with Crippen molar-refractivity contribution in [2.75, 3.05) is 12.4 Å². The Bertz CT molecular complexity index is 641. The maximum absolute atomic E-state index is 12.0. The molecule has 1 amide bonds. The van der Waals surface area contributed by atoms with E-state index < -0.39 is 0 Å².